The van der Waals surface area contributed by atoms with Gasteiger partial charge in [0.25, 0.3) is 0 Å². The summed E-state index contributed by atoms with van der Waals surface area (Å²) in [6.07, 6.45) is 1.73. The van der Waals surface area contributed by atoms with Crippen molar-refractivity contribution in [2.45, 2.75) is 33.6 Å². The average Bonchev–Trinajstić information content (AvgIpc) is 2.21. The van der Waals surface area contributed by atoms with Crippen LogP contribution >= 0.6 is 0 Å². The largest absolute Gasteiger partial charge is 0.356 e. The smallest absolute Gasteiger partial charge is 0.246 e. The third-order valence-corrected chi connectivity index (χ3v) is 2.10. The molecule has 0 aromatic heterocycles. The number of carbonyl (C=O) groups is 2. The number of hydrogen-bond acceptors (Lipinski definition) is 2. The molecule has 0 saturated heterocycles. The van der Waals surface area contributed by atoms with Crippen molar-refractivity contribution in [2.24, 2.45) is 5.92 Å². The van der Waals surface area contributed by atoms with E-state index in [0.717, 1.165) is 12.8 Å². The van der Waals surface area contributed by atoms with E-state index in [1.165, 1.54) is 0 Å². The molecule has 0 heterocycles. The van der Waals surface area contributed by atoms with E-state index in [1.807, 2.05) is 13.8 Å². The summed E-state index contributed by atoms with van der Waals surface area (Å²) in [4.78, 5) is 22.3. The summed E-state index contributed by atoms with van der Waals surface area (Å²) >= 11 is 0. The molecule has 0 aliphatic carbocycles. The van der Waals surface area contributed by atoms with Crippen molar-refractivity contribution in [1.29, 1.82) is 0 Å². The van der Waals surface area contributed by atoms with Gasteiger partial charge in [-0.1, -0.05) is 20.4 Å². The summed E-state index contributed by atoms with van der Waals surface area (Å²) in [6, 6.07) is 0. The number of carbonyl (C=O) groups excluding carboxylic acids is 2. The molecule has 16 heavy (non-hydrogen) atoms. The number of unbranched alkanes of at least 4 members (excludes halogenated alkanes) is 1. The van der Waals surface area contributed by atoms with E-state index in [-0.39, 0.29) is 17.7 Å². The van der Waals surface area contributed by atoms with Gasteiger partial charge in [0.1, 0.15) is 0 Å². The van der Waals surface area contributed by atoms with Gasteiger partial charge in [-0.2, -0.15) is 0 Å². The first-order valence-electron chi connectivity index (χ1n) is 5.66. The Hall–Kier alpha value is -1.32. The van der Waals surface area contributed by atoms with Crippen molar-refractivity contribution < 1.29 is 9.59 Å². The van der Waals surface area contributed by atoms with Crippen molar-refractivity contribution in [3.05, 3.63) is 12.2 Å². The van der Waals surface area contributed by atoms with E-state index in [1.54, 1.807) is 6.92 Å². The van der Waals surface area contributed by atoms with Gasteiger partial charge in [-0.05, 0) is 19.8 Å². The second-order valence-corrected chi connectivity index (χ2v) is 4.19. The second-order valence-electron chi connectivity index (χ2n) is 4.19. The van der Waals surface area contributed by atoms with E-state index in [0.29, 0.717) is 18.7 Å². The zero-order valence-electron chi connectivity index (χ0n) is 10.4. The van der Waals surface area contributed by atoms with Gasteiger partial charge in [-0.25, -0.2) is 0 Å². The lowest BCUT2D eigenvalue weighted by atomic mass is 10.2. The molecule has 92 valence electrons. The van der Waals surface area contributed by atoms with Crippen molar-refractivity contribution in [2.75, 3.05) is 13.1 Å². The van der Waals surface area contributed by atoms with Crippen LogP contribution in [0.3, 0.4) is 0 Å². The van der Waals surface area contributed by atoms with Crippen LogP contribution in [0, 0.1) is 5.92 Å². The van der Waals surface area contributed by atoms with E-state index < -0.39 is 0 Å². The first-order valence-corrected chi connectivity index (χ1v) is 5.66. The van der Waals surface area contributed by atoms with Gasteiger partial charge in [0, 0.05) is 24.6 Å². The van der Waals surface area contributed by atoms with Crippen LogP contribution in [0.25, 0.3) is 0 Å². The zero-order valence-corrected chi connectivity index (χ0v) is 10.4. The lowest BCUT2D eigenvalue weighted by molar-refractivity contribution is -0.124. The van der Waals surface area contributed by atoms with Gasteiger partial charge in [0.15, 0.2) is 0 Å². The molecule has 0 aliphatic rings. The Bertz CT molecular complexity index is 260. The number of amides is 2. The molecule has 0 aliphatic heterocycles. The Morgan fingerprint density at radius 3 is 2.06 bits per heavy atom. The van der Waals surface area contributed by atoms with E-state index in [4.69, 9.17) is 0 Å². The number of nitrogens with one attached hydrogen (secondary N) is 2. The maximum absolute atomic E-state index is 11.2. The van der Waals surface area contributed by atoms with Gasteiger partial charge in [-0.3, -0.25) is 9.59 Å². The van der Waals surface area contributed by atoms with Crippen LogP contribution in [0.5, 0.6) is 0 Å². The molecule has 0 rings (SSSR count). The predicted molar refractivity (Wildman–Crippen MR) is 64.9 cm³/mol. The monoisotopic (exact) mass is 226 g/mol. The van der Waals surface area contributed by atoms with E-state index in [9.17, 15) is 9.59 Å². The molecule has 0 atom stereocenters. The molecule has 0 fully saturated rings. The number of hydrogen-bond donors (Lipinski definition) is 2. The minimum absolute atomic E-state index is 0.0307. The van der Waals surface area contributed by atoms with Gasteiger partial charge in [-0.15, -0.1) is 0 Å². The SMILES string of the molecule is C=C(C)C(=O)NCCCCNC(=O)C(C)C. The Morgan fingerprint density at radius 2 is 1.62 bits per heavy atom. The quantitative estimate of drug-likeness (QED) is 0.507. The van der Waals surface area contributed by atoms with Crippen LogP contribution in [-0.2, 0) is 9.59 Å². The third-order valence-electron chi connectivity index (χ3n) is 2.10. The summed E-state index contributed by atoms with van der Waals surface area (Å²) in [5.41, 5.74) is 0.521. The summed E-state index contributed by atoms with van der Waals surface area (Å²) in [6.45, 7) is 10.2. The van der Waals surface area contributed by atoms with Gasteiger partial charge < -0.3 is 10.6 Å². The highest BCUT2D eigenvalue weighted by Crippen LogP contribution is 1.92. The Balaban J connectivity index is 3.38. The van der Waals surface area contributed by atoms with Gasteiger partial charge >= 0.3 is 0 Å². The van der Waals surface area contributed by atoms with Crippen molar-refractivity contribution in [3.8, 4) is 0 Å². The molecule has 4 nitrogen and oxygen atoms in total. The standard InChI is InChI=1S/C12H22N2O2/c1-9(2)11(15)13-7-5-6-8-14-12(16)10(3)4/h10H,1,5-8H2,2-4H3,(H,13,15)(H,14,16). The fraction of sp³-hybridized carbons (Fsp3) is 0.667. The fourth-order valence-corrected chi connectivity index (χ4v) is 1.02. The number of rotatable bonds is 7. The normalized spacial score (nSPS) is 10.0. The summed E-state index contributed by atoms with van der Waals surface area (Å²) in [5, 5.41) is 5.57. The highest BCUT2D eigenvalue weighted by molar-refractivity contribution is 5.91. The van der Waals surface area contributed by atoms with E-state index >= 15 is 0 Å². The molecule has 0 saturated carbocycles. The summed E-state index contributed by atoms with van der Waals surface area (Å²) < 4.78 is 0. The minimum atomic E-state index is -0.105. The highest BCUT2D eigenvalue weighted by Gasteiger charge is 2.04. The minimum Gasteiger partial charge on any atom is -0.356 e. The van der Waals surface area contributed by atoms with Crippen LogP contribution in [0.4, 0.5) is 0 Å². The first-order chi connectivity index (χ1) is 7.45. The molecule has 0 radical (unpaired) electrons. The molecular weight excluding hydrogens is 204 g/mol. The predicted octanol–water partition coefficient (Wildman–Crippen LogP) is 1.23. The Kier molecular flexibility index (Phi) is 7.25. The van der Waals surface area contributed by atoms with Crippen molar-refractivity contribution in [1.82, 2.24) is 10.6 Å². The molecular formula is C12H22N2O2. The van der Waals surface area contributed by atoms with Crippen LogP contribution in [0.2, 0.25) is 0 Å². The highest BCUT2D eigenvalue weighted by atomic mass is 16.2. The molecule has 2 amide bonds. The molecule has 2 N–H and O–H groups in total. The zero-order chi connectivity index (χ0) is 12.6. The van der Waals surface area contributed by atoms with Crippen LogP contribution < -0.4 is 10.6 Å². The fourth-order valence-electron chi connectivity index (χ4n) is 1.02. The molecule has 0 spiro atoms. The molecule has 4 heteroatoms. The van der Waals surface area contributed by atoms with Crippen molar-refractivity contribution >= 4 is 11.8 Å². The summed E-state index contributed by atoms with van der Waals surface area (Å²) in [5.74, 6) is 0.000283. The maximum atomic E-state index is 11.2. The molecule has 0 aromatic rings. The van der Waals surface area contributed by atoms with Crippen LogP contribution in [0.15, 0.2) is 12.2 Å². The Morgan fingerprint density at radius 1 is 1.12 bits per heavy atom. The van der Waals surface area contributed by atoms with E-state index in [2.05, 4.69) is 17.2 Å². The average molecular weight is 226 g/mol. The van der Waals surface area contributed by atoms with Gasteiger partial charge in [0.2, 0.25) is 11.8 Å². The molecule has 0 unspecified atom stereocenters. The Labute approximate surface area is 97.5 Å². The first kappa shape index (κ1) is 14.7. The van der Waals surface area contributed by atoms with Crippen LogP contribution in [0.1, 0.15) is 33.6 Å². The second kappa shape index (κ2) is 7.91. The van der Waals surface area contributed by atoms with Gasteiger partial charge in [0.05, 0.1) is 0 Å². The lowest BCUT2D eigenvalue weighted by Gasteiger charge is -2.07. The lowest BCUT2D eigenvalue weighted by Crippen LogP contribution is -2.29. The molecule has 0 bridgehead atoms. The topological polar surface area (TPSA) is 58.2 Å². The summed E-state index contributed by atoms with van der Waals surface area (Å²) in [7, 11) is 0. The van der Waals surface area contributed by atoms with Crippen molar-refractivity contribution in [3.63, 3.8) is 0 Å². The van der Waals surface area contributed by atoms with Crippen LogP contribution in [-0.4, -0.2) is 24.9 Å². The third kappa shape index (κ3) is 7.04. The molecule has 0 aromatic carbocycles. The maximum Gasteiger partial charge on any atom is 0.246 e.